The quantitative estimate of drug-likeness (QED) is 0.281. The third kappa shape index (κ3) is 6.43. The maximum atomic E-state index is 5.70. The Bertz CT molecular complexity index is 1340. The number of para-hydroxylation sites is 1. The fourth-order valence-corrected chi connectivity index (χ4v) is 7.51. The van der Waals surface area contributed by atoms with Gasteiger partial charge in [0, 0.05) is 26.5 Å². The summed E-state index contributed by atoms with van der Waals surface area (Å²) in [6.45, 7) is 0. The van der Waals surface area contributed by atoms with E-state index in [0.717, 1.165) is 5.19 Å². The smallest absolute Gasteiger partial charge is 0.373 e. The van der Waals surface area contributed by atoms with E-state index in [4.69, 9.17) is 13.3 Å². The van der Waals surface area contributed by atoms with E-state index in [2.05, 4.69) is 154 Å². The average molecular weight is 562 g/mol. The van der Waals surface area contributed by atoms with Crippen LogP contribution in [0.2, 0.25) is 0 Å². The van der Waals surface area contributed by atoms with Crippen LogP contribution in [0.3, 0.4) is 0 Å². The molecule has 0 saturated carbocycles. The standard InChI is InChI=1S/C27H28BO3Si.C8H11N/c1-29-32(30-2,31-3)27-21-19-26(20-22-27)28(23-13-7-4-8-14-23,24-15-9-5-10-16-24)25-17-11-6-12-18-25;1-9(2)8-6-4-3-5-7-8/h4-22H,1-3H3;3-7H,1-2H3/q-1;/p+1. The fraction of sp³-hybridized carbons (Fsp3) is 0.143. The molecule has 0 amide bonds. The van der Waals surface area contributed by atoms with Gasteiger partial charge < -0.3 is 18.2 Å². The molecule has 5 aromatic carbocycles. The molecule has 0 aromatic heterocycles. The Morgan fingerprint density at radius 1 is 0.439 bits per heavy atom. The summed E-state index contributed by atoms with van der Waals surface area (Å²) in [5.74, 6) is 0. The van der Waals surface area contributed by atoms with E-state index >= 15 is 0 Å². The summed E-state index contributed by atoms with van der Waals surface area (Å²) in [6.07, 6.45) is -1.39. The predicted molar refractivity (Wildman–Crippen MR) is 175 cm³/mol. The molecule has 0 bridgehead atoms. The second-order valence-corrected chi connectivity index (χ2v) is 13.2. The third-order valence-electron chi connectivity index (χ3n) is 7.82. The molecular formula is C35H40BNO3Si. The van der Waals surface area contributed by atoms with Crippen LogP contribution in [0.5, 0.6) is 0 Å². The molecule has 0 aliphatic rings. The summed E-state index contributed by atoms with van der Waals surface area (Å²) >= 11 is 0. The average Bonchev–Trinajstić information content (AvgIpc) is 3.05. The van der Waals surface area contributed by atoms with Crippen LogP contribution in [0.4, 0.5) is 5.69 Å². The lowest BCUT2D eigenvalue weighted by atomic mass is 9.13. The SMILES string of the molecule is CO[Si](OC)(OC)c1ccc([B-](c2ccccc2)(c2ccccc2)c2ccccc2)cc1.C[NH+](C)c1ccccc1. The molecule has 0 aliphatic heterocycles. The first-order valence-corrected chi connectivity index (χ1v) is 15.7. The number of hydrogen-bond donors (Lipinski definition) is 1. The second kappa shape index (κ2) is 14.2. The fourth-order valence-electron chi connectivity index (χ4n) is 5.73. The maximum absolute atomic E-state index is 5.70. The molecule has 5 aromatic rings. The largest absolute Gasteiger partial charge is 0.536 e. The maximum Gasteiger partial charge on any atom is 0.536 e. The van der Waals surface area contributed by atoms with E-state index < -0.39 is 15.0 Å². The summed E-state index contributed by atoms with van der Waals surface area (Å²) in [5.41, 5.74) is 6.37. The Labute approximate surface area is 246 Å². The number of hydrogen-bond acceptors (Lipinski definition) is 3. The van der Waals surface area contributed by atoms with Gasteiger partial charge in [0.15, 0.2) is 0 Å². The molecule has 0 heterocycles. The zero-order valence-electron chi connectivity index (χ0n) is 24.7. The highest BCUT2D eigenvalue weighted by Crippen LogP contribution is 2.11. The van der Waals surface area contributed by atoms with Gasteiger partial charge in [-0.3, -0.25) is 0 Å². The zero-order valence-corrected chi connectivity index (χ0v) is 25.7. The number of benzene rings is 5. The molecule has 5 rings (SSSR count). The van der Waals surface area contributed by atoms with E-state index in [-0.39, 0.29) is 0 Å². The first-order valence-electron chi connectivity index (χ1n) is 14.0. The van der Waals surface area contributed by atoms with Gasteiger partial charge in [-0.2, -0.15) is 21.9 Å². The van der Waals surface area contributed by atoms with Crippen LogP contribution in [0.15, 0.2) is 146 Å². The molecule has 1 N–H and O–H groups in total. The molecule has 0 unspecified atom stereocenters. The Morgan fingerprint density at radius 2 is 0.756 bits per heavy atom. The summed E-state index contributed by atoms with van der Waals surface area (Å²) in [4.78, 5) is 1.37. The molecule has 0 spiro atoms. The van der Waals surface area contributed by atoms with Gasteiger partial charge in [0.1, 0.15) is 11.8 Å². The second-order valence-electron chi connectivity index (χ2n) is 10.3. The van der Waals surface area contributed by atoms with Gasteiger partial charge in [0.05, 0.1) is 14.1 Å². The number of nitrogens with one attached hydrogen (secondary N) is 1. The van der Waals surface area contributed by atoms with Gasteiger partial charge in [-0.15, -0.1) is 0 Å². The van der Waals surface area contributed by atoms with Crippen LogP contribution in [0.25, 0.3) is 0 Å². The van der Waals surface area contributed by atoms with Crippen LogP contribution in [0.1, 0.15) is 0 Å². The molecule has 0 radical (unpaired) electrons. The number of quaternary nitrogens is 1. The van der Waals surface area contributed by atoms with Crippen LogP contribution in [0, 0.1) is 0 Å². The highest BCUT2D eigenvalue weighted by Gasteiger charge is 2.41. The van der Waals surface area contributed by atoms with Gasteiger partial charge in [-0.1, -0.05) is 133 Å². The minimum Gasteiger partial charge on any atom is -0.373 e. The third-order valence-corrected chi connectivity index (χ3v) is 10.5. The lowest BCUT2D eigenvalue weighted by molar-refractivity contribution is -0.786. The van der Waals surface area contributed by atoms with Crippen LogP contribution >= 0.6 is 0 Å². The molecule has 0 fully saturated rings. The Balaban J connectivity index is 0.000000367. The Hall–Kier alpha value is -3.78. The molecular weight excluding hydrogens is 521 g/mol. The molecule has 6 heteroatoms. The highest BCUT2D eigenvalue weighted by molar-refractivity contribution is 7.19. The first kappa shape index (κ1) is 30.2. The summed E-state index contributed by atoms with van der Waals surface area (Å²) < 4.78 is 17.1. The topological polar surface area (TPSA) is 32.1 Å². The van der Waals surface area contributed by atoms with Gasteiger partial charge in [-0.05, 0) is 12.1 Å². The zero-order chi connectivity index (χ0) is 29.1. The summed E-state index contributed by atoms with van der Waals surface area (Å²) in [6, 6.07) is 51.2. The molecule has 0 aliphatic carbocycles. The van der Waals surface area contributed by atoms with E-state index in [1.165, 1.54) is 32.4 Å². The highest BCUT2D eigenvalue weighted by atomic mass is 28.4. The molecule has 41 heavy (non-hydrogen) atoms. The predicted octanol–water partition coefficient (Wildman–Crippen LogP) is 2.61. The minimum atomic E-state index is -2.91. The Kier molecular flexibility index (Phi) is 10.5. The van der Waals surface area contributed by atoms with Crippen LogP contribution in [-0.4, -0.2) is 50.4 Å². The summed E-state index contributed by atoms with van der Waals surface area (Å²) in [5, 5.41) is 0.938. The van der Waals surface area contributed by atoms with Crippen molar-refractivity contribution in [3.05, 3.63) is 146 Å². The number of rotatable bonds is 9. The van der Waals surface area contributed by atoms with Crippen molar-refractivity contribution in [3.63, 3.8) is 0 Å². The van der Waals surface area contributed by atoms with E-state index in [0.29, 0.717) is 0 Å². The van der Waals surface area contributed by atoms with Crippen molar-refractivity contribution in [2.45, 2.75) is 0 Å². The first-order chi connectivity index (χ1) is 20.0. The van der Waals surface area contributed by atoms with Gasteiger partial charge in [0.2, 0.25) is 0 Å². The van der Waals surface area contributed by atoms with Crippen molar-refractivity contribution in [3.8, 4) is 0 Å². The molecule has 210 valence electrons. The van der Waals surface area contributed by atoms with E-state index in [1.807, 2.05) is 6.07 Å². The van der Waals surface area contributed by atoms with Gasteiger partial charge in [-0.25, -0.2) is 0 Å². The molecule has 4 nitrogen and oxygen atoms in total. The monoisotopic (exact) mass is 561 g/mol. The van der Waals surface area contributed by atoms with E-state index in [9.17, 15) is 0 Å². The Morgan fingerprint density at radius 3 is 1.05 bits per heavy atom. The van der Waals surface area contributed by atoms with E-state index in [1.54, 1.807) is 21.3 Å². The van der Waals surface area contributed by atoms with Crippen molar-refractivity contribution in [1.29, 1.82) is 0 Å². The lowest BCUT2D eigenvalue weighted by Gasteiger charge is -2.44. The minimum absolute atomic E-state index is 0.938. The normalized spacial score (nSPS) is 11.6. The van der Waals surface area contributed by atoms with Gasteiger partial charge in [0.25, 0.3) is 0 Å². The van der Waals surface area contributed by atoms with Crippen molar-refractivity contribution >= 4 is 47.7 Å². The van der Waals surface area contributed by atoms with Crippen LogP contribution in [-0.2, 0) is 13.3 Å². The summed E-state index contributed by atoms with van der Waals surface area (Å²) in [7, 11) is 6.25. The van der Waals surface area contributed by atoms with Crippen molar-refractivity contribution < 1.29 is 18.2 Å². The van der Waals surface area contributed by atoms with Gasteiger partial charge >= 0.3 is 8.80 Å². The van der Waals surface area contributed by atoms with Crippen molar-refractivity contribution in [2.75, 3.05) is 35.4 Å². The molecule has 0 saturated heterocycles. The molecule has 0 atom stereocenters. The van der Waals surface area contributed by atoms with Crippen molar-refractivity contribution in [2.24, 2.45) is 0 Å². The van der Waals surface area contributed by atoms with Crippen LogP contribution < -0.4 is 31.9 Å². The van der Waals surface area contributed by atoms with Crippen molar-refractivity contribution in [1.82, 2.24) is 0 Å². The lowest BCUT2D eigenvalue weighted by Crippen LogP contribution is -3.00.